The van der Waals surface area contributed by atoms with Crippen LogP contribution >= 0.6 is 0 Å². The molecular weight excluding hydrogens is 230 g/mol. The molecule has 18 heavy (non-hydrogen) atoms. The van der Waals surface area contributed by atoms with Gasteiger partial charge in [0.2, 0.25) is 0 Å². The van der Waals surface area contributed by atoms with Crippen LogP contribution in [0.1, 0.15) is 31.1 Å². The Balaban J connectivity index is 2.15. The quantitative estimate of drug-likeness (QED) is 0.761. The van der Waals surface area contributed by atoms with Crippen molar-refractivity contribution in [3.63, 3.8) is 0 Å². The Bertz CT molecular complexity index is 524. The van der Waals surface area contributed by atoms with E-state index in [0.717, 1.165) is 0 Å². The third-order valence-electron chi connectivity index (χ3n) is 2.15. The lowest BCUT2D eigenvalue weighted by atomic mass is 10.2. The number of esters is 1. The maximum atomic E-state index is 11.8. The SMILES string of the molecule is CC(C)(C)OC(=O)c1ccc(-n2ccnc2)nc1. The summed E-state index contributed by atoms with van der Waals surface area (Å²) < 4.78 is 7.02. The summed E-state index contributed by atoms with van der Waals surface area (Å²) in [5.41, 5.74) is -0.0612. The molecule has 0 unspecified atom stereocenters. The summed E-state index contributed by atoms with van der Waals surface area (Å²) >= 11 is 0. The fourth-order valence-corrected chi connectivity index (χ4v) is 1.39. The fraction of sp³-hybridized carbons (Fsp3) is 0.308. The lowest BCUT2D eigenvalue weighted by molar-refractivity contribution is 0.00691. The van der Waals surface area contributed by atoms with Crippen molar-refractivity contribution in [1.29, 1.82) is 0 Å². The van der Waals surface area contributed by atoms with Gasteiger partial charge in [0.05, 0.1) is 5.56 Å². The summed E-state index contributed by atoms with van der Waals surface area (Å²) in [4.78, 5) is 19.9. The van der Waals surface area contributed by atoms with Crippen LogP contribution in [0.3, 0.4) is 0 Å². The molecule has 0 spiro atoms. The highest BCUT2D eigenvalue weighted by Gasteiger charge is 2.17. The molecule has 0 atom stereocenters. The van der Waals surface area contributed by atoms with Gasteiger partial charge in [-0.3, -0.25) is 4.57 Å². The third-order valence-corrected chi connectivity index (χ3v) is 2.15. The van der Waals surface area contributed by atoms with Gasteiger partial charge in [-0.1, -0.05) is 0 Å². The number of rotatable bonds is 2. The minimum Gasteiger partial charge on any atom is -0.456 e. The normalized spacial score (nSPS) is 11.3. The molecule has 0 radical (unpaired) electrons. The minimum absolute atomic E-state index is 0.368. The van der Waals surface area contributed by atoms with E-state index in [0.29, 0.717) is 11.4 Å². The van der Waals surface area contributed by atoms with Crippen LogP contribution < -0.4 is 0 Å². The van der Waals surface area contributed by atoms with Crippen LogP contribution in [0.4, 0.5) is 0 Å². The Morgan fingerprint density at radius 3 is 2.61 bits per heavy atom. The molecular formula is C13H15N3O2. The zero-order valence-electron chi connectivity index (χ0n) is 10.6. The van der Waals surface area contributed by atoms with Crippen molar-refractivity contribution < 1.29 is 9.53 Å². The second kappa shape index (κ2) is 4.60. The Labute approximate surface area is 105 Å². The maximum Gasteiger partial charge on any atom is 0.340 e. The number of ether oxygens (including phenoxy) is 1. The van der Waals surface area contributed by atoms with Crippen LogP contribution in [0.5, 0.6) is 0 Å². The van der Waals surface area contributed by atoms with Crippen LogP contribution in [-0.4, -0.2) is 26.1 Å². The van der Waals surface area contributed by atoms with Gasteiger partial charge in [0.15, 0.2) is 0 Å². The van der Waals surface area contributed by atoms with Crippen molar-refractivity contribution in [2.75, 3.05) is 0 Å². The molecule has 0 saturated carbocycles. The predicted molar refractivity (Wildman–Crippen MR) is 66.5 cm³/mol. The highest BCUT2D eigenvalue weighted by atomic mass is 16.6. The van der Waals surface area contributed by atoms with E-state index in [-0.39, 0.29) is 5.97 Å². The van der Waals surface area contributed by atoms with E-state index in [1.165, 1.54) is 6.20 Å². The molecule has 0 aliphatic carbocycles. The van der Waals surface area contributed by atoms with Crippen LogP contribution in [-0.2, 0) is 4.74 Å². The van der Waals surface area contributed by atoms with Gasteiger partial charge in [-0.15, -0.1) is 0 Å². The first-order valence-electron chi connectivity index (χ1n) is 5.63. The number of aromatic nitrogens is 3. The Morgan fingerprint density at radius 2 is 2.11 bits per heavy atom. The van der Waals surface area contributed by atoms with Gasteiger partial charge in [0, 0.05) is 18.6 Å². The number of carbonyl (C=O) groups excluding carboxylic acids is 1. The van der Waals surface area contributed by atoms with Gasteiger partial charge in [-0.05, 0) is 32.9 Å². The largest absolute Gasteiger partial charge is 0.456 e. The van der Waals surface area contributed by atoms with Crippen LogP contribution in [0.15, 0.2) is 37.1 Å². The van der Waals surface area contributed by atoms with E-state index in [1.807, 2.05) is 20.8 Å². The summed E-state index contributed by atoms with van der Waals surface area (Å²) in [6.07, 6.45) is 6.61. The maximum absolute atomic E-state index is 11.8. The molecule has 0 aliphatic heterocycles. The monoisotopic (exact) mass is 245 g/mol. The molecule has 0 N–H and O–H groups in total. The van der Waals surface area contributed by atoms with E-state index >= 15 is 0 Å². The average Bonchev–Trinajstić information content (AvgIpc) is 2.80. The number of pyridine rings is 1. The van der Waals surface area contributed by atoms with Crippen molar-refractivity contribution in [2.24, 2.45) is 0 Å². The van der Waals surface area contributed by atoms with Gasteiger partial charge in [0.25, 0.3) is 0 Å². The van der Waals surface area contributed by atoms with Crippen molar-refractivity contribution in [1.82, 2.24) is 14.5 Å². The zero-order chi connectivity index (χ0) is 13.2. The summed E-state index contributed by atoms with van der Waals surface area (Å²) in [6.45, 7) is 5.49. The summed E-state index contributed by atoms with van der Waals surface area (Å²) in [6, 6.07) is 3.44. The molecule has 2 aromatic heterocycles. The van der Waals surface area contributed by atoms with Gasteiger partial charge in [-0.25, -0.2) is 14.8 Å². The van der Waals surface area contributed by atoms with Gasteiger partial charge < -0.3 is 4.74 Å². The van der Waals surface area contributed by atoms with Gasteiger partial charge in [-0.2, -0.15) is 0 Å². The molecule has 0 amide bonds. The first kappa shape index (κ1) is 12.3. The molecule has 94 valence electrons. The standard InChI is InChI=1S/C13H15N3O2/c1-13(2,3)18-12(17)10-4-5-11(15-8-10)16-7-6-14-9-16/h4-9H,1-3H3. The molecule has 5 nitrogen and oxygen atoms in total. The molecule has 2 rings (SSSR count). The van der Waals surface area contributed by atoms with E-state index in [1.54, 1.807) is 35.4 Å². The summed E-state index contributed by atoms with van der Waals surface area (Å²) in [5.74, 6) is 0.340. The highest BCUT2D eigenvalue weighted by molar-refractivity contribution is 5.89. The lowest BCUT2D eigenvalue weighted by Gasteiger charge is -2.19. The number of hydrogen-bond acceptors (Lipinski definition) is 4. The molecule has 5 heteroatoms. The topological polar surface area (TPSA) is 57.0 Å². The summed E-state index contributed by atoms with van der Waals surface area (Å²) in [5, 5.41) is 0. The van der Waals surface area contributed by atoms with Crippen LogP contribution in [0, 0.1) is 0 Å². The molecule has 2 heterocycles. The van der Waals surface area contributed by atoms with Crippen LogP contribution in [0.2, 0.25) is 0 Å². The second-order valence-electron chi connectivity index (χ2n) is 4.88. The third kappa shape index (κ3) is 2.94. The zero-order valence-corrected chi connectivity index (χ0v) is 10.6. The van der Waals surface area contributed by atoms with Crippen molar-refractivity contribution in [2.45, 2.75) is 26.4 Å². The Kier molecular flexibility index (Phi) is 3.14. The Morgan fingerprint density at radius 1 is 1.33 bits per heavy atom. The minimum atomic E-state index is -0.500. The smallest absolute Gasteiger partial charge is 0.340 e. The van der Waals surface area contributed by atoms with Crippen molar-refractivity contribution in [3.05, 3.63) is 42.6 Å². The van der Waals surface area contributed by atoms with E-state index in [9.17, 15) is 4.79 Å². The summed E-state index contributed by atoms with van der Waals surface area (Å²) in [7, 11) is 0. The molecule has 0 aliphatic rings. The number of carbonyl (C=O) groups is 1. The Hall–Kier alpha value is -2.17. The first-order valence-corrected chi connectivity index (χ1v) is 5.63. The second-order valence-corrected chi connectivity index (χ2v) is 4.88. The molecule has 0 bridgehead atoms. The van der Waals surface area contributed by atoms with Crippen LogP contribution in [0.25, 0.3) is 5.82 Å². The van der Waals surface area contributed by atoms with E-state index in [4.69, 9.17) is 4.74 Å². The first-order chi connectivity index (χ1) is 8.46. The van der Waals surface area contributed by atoms with Gasteiger partial charge in [0.1, 0.15) is 17.7 Å². The van der Waals surface area contributed by atoms with Gasteiger partial charge >= 0.3 is 5.97 Å². The van der Waals surface area contributed by atoms with E-state index in [2.05, 4.69) is 9.97 Å². The van der Waals surface area contributed by atoms with Crippen molar-refractivity contribution in [3.8, 4) is 5.82 Å². The molecule has 0 saturated heterocycles. The molecule has 0 aromatic carbocycles. The van der Waals surface area contributed by atoms with E-state index < -0.39 is 5.60 Å². The number of hydrogen-bond donors (Lipinski definition) is 0. The lowest BCUT2D eigenvalue weighted by Crippen LogP contribution is -2.24. The average molecular weight is 245 g/mol. The number of nitrogens with zero attached hydrogens (tertiary/aromatic N) is 3. The van der Waals surface area contributed by atoms with Crippen molar-refractivity contribution >= 4 is 5.97 Å². The molecule has 0 fully saturated rings. The number of imidazole rings is 1. The highest BCUT2D eigenvalue weighted by Crippen LogP contribution is 2.12. The predicted octanol–water partition coefficient (Wildman–Crippen LogP) is 2.22. The molecule has 2 aromatic rings. The fourth-order valence-electron chi connectivity index (χ4n) is 1.39.